The number of nitrogens with zero attached hydrogens (tertiary/aromatic N) is 1. The second-order valence-corrected chi connectivity index (χ2v) is 6.17. The van der Waals surface area contributed by atoms with E-state index in [0.717, 1.165) is 19.4 Å². The summed E-state index contributed by atoms with van der Waals surface area (Å²) >= 11 is 0. The first kappa shape index (κ1) is 18.8. The summed E-state index contributed by atoms with van der Waals surface area (Å²) in [6, 6.07) is 10.4. The van der Waals surface area contributed by atoms with Gasteiger partial charge in [-0.25, -0.2) is 9.78 Å². The number of carbonyl (C=O) groups is 2. The minimum absolute atomic E-state index is 0.0993. The van der Waals surface area contributed by atoms with E-state index in [9.17, 15) is 9.59 Å². The molecule has 2 N–H and O–H groups in total. The standard InChI is InChI=1S/C20H23N3O4/c1-2-26-20(25)16-7-3-4-8-17(16)23-18-10-9-14(12-21-18)19(24)22-13-15-6-5-11-27-15/h3-4,7-10,12,15H,2,5-6,11,13H2,1H3,(H,21,23)(H,22,24). The van der Waals surface area contributed by atoms with E-state index in [1.54, 1.807) is 37.3 Å². The molecule has 142 valence electrons. The number of ether oxygens (including phenoxy) is 2. The molecule has 1 atom stereocenters. The lowest BCUT2D eigenvalue weighted by Gasteiger charge is -2.12. The summed E-state index contributed by atoms with van der Waals surface area (Å²) in [5.74, 6) is -0.0513. The first-order valence-corrected chi connectivity index (χ1v) is 9.06. The molecule has 0 bridgehead atoms. The van der Waals surface area contributed by atoms with E-state index >= 15 is 0 Å². The van der Waals surface area contributed by atoms with Crippen molar-refractivity contribution in [2.24, 2.45) is 0 Å². The van der Waals surface area contributed by atoms with Gasteiger partial charge in [0.1, 0.15) is 5.82 Å². The smallest absolute Gasteiger partial charge is 0.340 e. The Balaban J connectivity index is 1.62. The second kappa shape index (κ2) is 9.14. The van der Waals surface area contributed by atoms with Gasteiger partial charge in [-0.15, -0.1) is 0 Å². The second-order valence-electron chi connectivity index (χ2n) is 6.17. The van der Waals surface area contributed by atoms with Crippen LogP contribution >= 0.6 is 0 Å². The third-order valence-corrected chi connectivity index (χ3v) is 4.23. The van der Waals surface area contributed by atoms with Crippen molar-refractivity contribution in [3.63, 3.8) is 0 Å². The number of rotatable bonds is 7. The Morgan fingerprint density at radius 3 is 2.81 bits per heavy atom. The predicted octanol–water partition coefficient (Wildman–Crippen LogP) is 2.91. The Morgan fingerprint density at radius 2 is 2.11 bits per heavy atom. The van der Waals surface area contributed by atoms with Gasteiger partial charge in [-0.3, -0.25) is 4.79 Å². The first-order chi connectivity index (χ1) is 13.2. The third-order valence-electron chi connectivity index (χ3n) is 4.23. The van der Waals surface area contributed by atoms with Gasteiger partial charge in [-0.05, 0) is 44.0 Å². The molecule has 7 heteroatoms. The van der Waals surface area contributed by atoms with Gasteiger partial charge >= 0.3 is 5.97 Å². The Morgan fingerprint density at radius 1 is 1.26 bits per heavy atom. The number of hydrogen-bond acceptors (Lipinski definition) is 6. The zero-order chi connectivity index (χ0) is 19.1. The van der Waals surface area contributed by atoms with Crippen molar-refractivity contribution < 1.29 is 19.1 Å². The lowest BCUT2D eigenvalue weighted by Crippen LogP contribution is -2.31. The maximum Gasteiger partial charge on any atom is 0.340 e. The van der Waals surface area contributed by atoms with Crippen molar-refractivity contribution in [2.45, 2.75) is 25.9 Å². The van der Waals surface area contributed by atoms with Crippen LogP contribution in [0.4, 0.5) is 11.5 Å². The molecule has 27 heavy (non-hydrogen) atoms. The number of nitrogens with one attached hydrogen (secondary N) is 2. The fraction of sp³-hybridized carbons (Fsp3) is 0.350. The molecule has 7 nitrogen and oxygen atoms in total. The largest absolute Gasteiger partial charge is 0.462 e. The van der Waals surface area contributed by atoms with Gasteiger partial charge in [0.25, 0.3) is 5.91 Å². The summed E-state index contributed by atoms with van der Waals surface area (Å²) in [6.45, 7) is 3.33. The van der Waals surface area contributed by atoms with Gasteiger partial charge in [0.15, 0.2) is 0 Å². The fourth-order valence-electron chi connectivity index (χ4n) is 2.83. The summed E-state index contributed by atoms with van der Waals surface area (Å²) in [6.07, 6.45) is 3.61. The molecule has 3 rings (SSSR count). The number of aromatic nitrogens is 1. The highest BCUT2D eigenvalue weighted by molar-refractivity contribution is 5.96. The monoisotopic (exact) mass is 369 g/mol. The Kier molecular flexibility index (Phi) is 6.38. The number of para-hydroxylation sites is 1. The quantitative estimate of drug-likeness (QED) is 0.730. The molecule has 0 saturated carbocycles. The number of amides is 1. The third kappa shape index (κ3) is 5.04. The minimum Gasteiger partial charge on any atom is -0.462 e. The number of benzene rings is 1. The highest BCUT2D eigenvalue weighted by Gasteiger charge is 2.17. The van der Waals surface area contributed by atoms with Crippen LogP contribution in [-0.4, -0.2) is 42.7 Å². The Hall–Kier alpha value is -2.93. The number of esters is 1. The van der Waals surface area contributed by atoms with Gasteiger partial charge in [0, 0.05) is 19.3 Å². The topological polar surface area (TPSA) is 89.5 Å². The number of hydrogen-bond donors (Lipinski definition) is 2. The summed E-state index contributed by atoms with van der Waals surface area (Å²) < 4.78 is 10.6. The molecule has 1 aliphatic rings. The molecule has 1 aliphatic heterocycles. The SMILES string of the molecule is CCOC(=O)c1ccccc1Nc1ccc(C(=O)NCC2CCCO2)cn1. The molecule has 1 amide bonds. The van der Waals surface area contributed by atoms with E-state index in [2.05, 4.69) is 15.6 Å². The van der Waals surface area contributed by atoms with E-state index < -0.39 is 5.97 Å². The van der Waals surface area contributed by atoms with Crippen molar-refractivity contribution in [3.05, 3.63) is 53.7 Å². The van der Waals surface area contributed by atoms with Crippen LogP contribution in [0.1, 0.15) is 40.5 Å². The van der Waals surface area contributed by atoms with Gasteiger partial charge in [0.05, 0.1) is 29.5 Å². The number of anilines is 2. The lowest BCUT2D eigenvalue weighted by molar-refractivity contribution is 0.0527. The van der Waals surface area contributed by atoms with Gasteiger partial charge < -0.3 is 20.1 Å². The van der Waals surface area contributed by atoms with Gasteiger partial charge in [-0.2, -0.15) is 0 Å². The van der Waals surface area contributed by atoms with Crippen LogP contribution in [0.25, 0.3) is 0 Å². The summed E-state index contributed by atoms with van der Waals surface area (Å²) in [4.78, 5) is 28.5. The van der Waals surface area contributed by atoms with E-state index in [1.165, 1.54) is 6.20 Å². The summed E-state index contributed by atoms with van der Waals surface area (Å²) in [7, 11) is 0. The van der Waals surface area contributed by atoms with Crippen molar-refractivity contribution in [2.75, 3.05) is 25.1 Å². The molecular formula is C20H23N3O4. The molecule has 2 heterocycles. The molecular weight excluding hydrogens is 346 g/mol. The normalized spacial score (nSPS) is 16.0. The van der Waals surface area contributed by atoms with Crippen LogP contribution in [0.3, 0.4) is 0 Å². The van der Waals surface area contributed by atoms with Crippen molar-refractivity contribution in [1.82, 2.24) is 10.3 Å². The summed E-state index contributed by atoms with van der Waals surface area (Å²) in [5.41, 5.74) is 1.50. The van der Waals surface area contributed by atoms with Crippen LogP contribution < -0.4 is 10.6 Å². The van der Waals surface area contributed by atoms with Crippen LogP contribution in [0.2, 0.25) is 0 Å². The Bertz CT molecular complexity index is 786. The molecule has 1 aromatic heterocycles. The van der Waals surface area contributed by atoms with Crippen molar-refractivity contribution >= 4 is 23.4 Å². The molecule has 0 radical (unpaired) electrons. The van der Waals surface area contributed by atoms with Crippen LogP contribution in [0.15, 0.2) is 42.6 Å². The predicted molar refractivity (Wildman–Crippen MR) is 101 cm³/mol. The minimum atomic E-state index is -0.397. The number of carbonyl (C=O) groups excluding carboxylic acids is 2. The van der Waals surface area contributed by atoms with E-state index in [-0.39, 0.29) is 12.0 Å². The molecule has 0 aliphatic carbocycles. The van der Waals surface area contributed by atoms with E-state index in [4.69, 9.17) is 9.47 Å². The summed E-state index contributed by atoms with van der Waals surface area (Å²) in [5, 5.41) is 5.95. The first-order valence-electron chi connectivity index (χ1n) is 9.06. The molecule has 2 aromatic rings. The van der Waals surface area contributed by atoms with E-state index in [0.29, 0.717) is 35.8 Å². The molecule has 1 unspecified atom stereocenters. The maximum atomic E-state index is 12.2. The average Bonchev–Trinajstić information content (AvgIpc) is 3.21. The van der Waals surface area contributed by atoms with Gasteiger partial charge in [0.2, 0.25) is 0 Å². The average molecular weight is 369 g/mol. The van der Waals surface area contributed by atoms with Crippen molar-refractivity contribution in [1.29, 1.82) is 0 Å². The van der Waals surface area contributed by atoms with Crippen LogP contribution in [-0.2, 0) is 9.47 Å². The maximum absolute atomic E-state index is 12.2. The molecule has 1 aromatic carbocycles. The highest BCUT2D eigenvalue weighted by Crippen LogP contribution is 2.20. The van der Waals surface area contributed by atoms with Crippen molar-refractivity contribution in [3.8, 4) is 0 Å². The number of pyridine rings is 1. The molecule has 1 saturated heterocycles. The molecule has 0 spiro atoms. The van der Waals surface area contributed by atoms with Gasteiger partial charge in [-0.1, -0.05) is 12.1 Å². The van der Waals surface area contributed by atoms with Crippen LogP contribution in [0, 0.1) is 0 Å². The highest BCUT2D eigenvalue weighted by atomic mass is 16.5. The molecule has 1 fully saturated rings. The zero-order valence-electron chi connectivity index (χ0n) is 15.2. The lowest BCUT2D eigenvalue weighted by atomic mass is 10.1. The fourth-order valence-corrected chi connectivity index (χ4v) is 2.83. The van der Waals surface area contributed by atoms with E-state index in [1.807, 2.05) is 6.07 Å². The van der Waals surface area contributed by atoms with Crippen LogP contribution in [0.5, 0.6) is 0 Å². The Labute approximate surface area is 158 Å². The zero-order valence-corrected chi connectivity index (χ0v) is 15.2.